The van der Waals surface area contributed by atoms with Crippen LogP contribution in [0.4, 0.5) is 4.39 Å². The Balaban J connectivity index is 2.00. The molecule has 124 valence electrons. The van der Waals surface area contributed by atoms with Gasteiger partial charge in [-0.1, -0.05) is 37.3 Å². The van der Waals surface area contributed by atoms with Gasteiger partial charge in [0.1, 0.15) is 5.82 Å². The van der Waals surface area contributed by atoms with Gasteiger partial charge in [-0.05, 0) is 35.7 Å². The highest BCUT2D eigenvalue weighted by molar-refractivity contribution is 5.86. The first kappa shape index (κ1) is 16.2. The maximum absolute atomic E-state index is 13.7. The van der Waals surface area contributed by atoms with Gasteiger partial charge in [0, 0.05) is 36.0 Å². The molecule has 0 fully saturated rings. The predicted octanol–water partition coefficient (Wildman–Crippen LogP) is 4.36. The van der Waals surface area contributed by atoms with Crippen molar-refractivity contribution in [1.29, 1.82) is 0 Å². The largest absolute Gasteiger partial charge is 0.361 e. The normalized spacial score (nSPS) is 12.2. The van der Waals surface area contributed by atoms with Gasteiger partial charge in [-0.3, -0.25) is 4.79 Å². The van der Waals surface area contributed by atoms with Crippen molar-refractivity contribution in [2.75, 3.05) is 6.54 Å². The Morgan fingerprint density at radius 2 is 2.04 bits per heavy atom. The number of fused-ring (bicyclic) bond motifs is 1. The number of carbonyl (C=O) groups excluding carboxylic acids is 1. The summed E-state index contributed by atoms with van der Waals surface area (Å²) in [6.45, 7) is 2.67. The second-order valence-corrected chi connectivity index (χ2v) is 5.95. The highest BCUT2D eigenvalue weighted by Gasteiger charge is 2.21. The number of carbonyl (C=O) groups is 1. The van der Waals surface area contributed by atoms with E-state index < -0.39 is 0 Å². The fourth-order valence-electron chi connectivity index (χ4n) is 3.03. The van der Waals surface area contributed by atoms with E-state index in [0.717, 1.165) is 28.5 Å². The van der Waals surface area contributed by atoms with Crippen molar-refractivity contribution in [3.05, 3.63) is 71.7 Å². The van der Waals surface area contributed by atoms with Crippen LogP contribution in [0.3, 0.4) is 0 Å². The van der Waals surface area contributed by atoms with Gasteiger partial charge in [-0.15, -0.1) is 0 Å². The lowest BCUT2D eigenvalue weighted by Gasteiger charge is -2.17. The van der Waals surface area contributed by atoms with E-state index in [4.69, 9.17) is 0 Å². The molecule has 2 aromatic carbocycles. The van der Waals surface area contributed by atoms with Crippen LogP contribution in [0.1, 0.15) is 36.8 Å². The number of halogens is 1. The molecule has 0 saturated heterocycles. The van der Waals surface area contributed by atoms with Gasteiger partial charge in [0.05, 0.1) is 0 Å². The van der Waals surface area contributed by atoms with Gasteiger partial charge in [0.25, 0.3) is 0 Å². The molecule has 4 heteroatoms. The molecule has 0 aliphatic carbocycles. The van der Waals surface area contributed by atoms with Crippen molar-refractivity contribution in [1.82, 2.24) is 10.3 Å². The highest BCUT2D eigenvalue weighted by atomic mass is 19.1. The smallest absolute Gasteiger partial charge is 0.220 e. The first-order valence-electron chi connectivity index (χ1n) is 8.27. The van der Waals surface area contributed by atoms with Crippen molar-refractivity contribution in [2.24, 2.45) is 0 Å². The minimum Gasteiger partial charge on any atom is -0.361 e. The van der Waals surface area contributed by atoms with Crippen LogP contribution in [0.5, 0.6) is 0 Å². The number of hydrogen-bond donors (Lipinski definition) is 2. The number of aromatic amines is 1. The van der Waals surface area contributed by atoms with Crippen molar-refractivity contribution < 1.29 is 9.18 Å². The Morgan fingerprint density at radius 3 is 2.83 bits per heavy atom. The number of aromatic nitrogens is 1. The Bertz CT molecular complexity index is 840. The van der Waals surface area contributed by atoms with Crippen molar-refractivity contribution in [3.8, 4) is 0 Å². The molecule has 0 aliphatic heterocycles. The first-order chi connectivity index (χ1) is 11.7. The minimum atomic E-state index is -0.286. The van der Waals surface area contributed by atoms with Crippen LogP contribution in [0.25, 0.3) is 10.9 Å². The Hall–Kier alpha value is -2.62. The van der Waals surface area contributed by atoms with E-state index in [1.165, 1.54) is 12.1 Å². The first-order valence-corrected chi connectivity index (χ1v) is 8.27. The molecule has 0 bridgehead atoms. The van der Waals surface area contributed by atoms with E-state index in [9.17, 15) is 9.18 Å². The van der Waals surface area contributed by atoms with Crippen LogP contribution in [0.2, 0.25) is 0 Å². The molecule has 3 nitrogen and oxygen atoms in total. The molecule has 24 heavy (non-hydrogen) atoms. The Kier molecular flexibility index (Phi) is 4.94. The molecule has 1 amide bonds. The predicted molar refractivity (Wildman–Crippen MR) is 94.5 cm³/mol. The van der Waals surface area contributed by atoms with Crippen LogP contribution < -0.4 is 5.32 Å². The van der Waals surface area contributed by atoms with E-state index in [1.807, 2.05) is 43.5 Å². The minimum absolute atomic E-state index is 0.0172. The number of rotatable bonds is 6. The zero-order chi connectivity index (χ0) is 16.9. The van der Waals surface area contributed by atoms with Crippen molar-refractivity contribution in [2.45, 2.75) is 25.7 Å². The monoisotopic (exact) mass is 324 g/mol. The molecule has 0 radical (unpaired) electrons. The molecule has 1 heterocycles. The summed E-state index contributed by atoms with van der Waals surface area (Å²) in [4.78, 5) is 15.5. The zero-order valence-corrected chi connectivity index (χ0v) is 13.7. The summed E-state index contributed by atoms with van der Waals surface area (Å²) in [6, 6.07) is 14.5. The standard InChI is InChI=1S/C20H21FN2O/c1-2-10-22-20(24)12-17(14-6-5-7-15(21)11-14)18-13-23-19-9-4-3-8-16(18)19/h3-9,11,13,17,23H,2,10,12H2,1H3,(H,22,24)/t17-/m1/s1. The van der Waals surface area contributed by atoms with Gasteiger partial charge in [-0.2, -0.15) is 0 Å². The summed E-state index contributed by atoms with van der Waals surface area (Å²) in [5.41, 5.74) is 2.84. The fraction of sp³-hybridized carbons (Fsp3) is 0.250. The lowest BCUT2D eigenvalue weighted by atomic mass is 9.88. The zero-order valence-electron chi connectivity index (χ0n) is 13.7. The summed E-state index contributed by atoms with van der Waals surface area (Å²) >= 11 is 0. The maximum Gasteiger partial charge on any atom is 0.220 e. The molecule has 3 aromatic rings. The molecule has 0 aliphatic rings. The average Bonchev–Trinajstić information content (AvgIpc) is 3.02. The summed E-state index contributed by atoms with van der Waals surface area (Å²) < 4.78 is 13.7. The molecule has 2 N–H and O–H groups in total. The number of para-hydroxylation sites is 1. The van der Waals surface area contributed by atoms with E-state index in [1.54, 1.807) is 6.07 Å². The van der Waals surface area contributed by atoms with Gasteiger partial charge in [0.15, 0.2) is 0 Å². The molecule has 1 aromatic heterocycles. The van der Waals surface area contributed by atoms with E-state index >= 15 is 0 Å². The lowest BCUT2D eigenvalue weighted by molar-refractivity contribution is -0.121. The summed E-state index contributed by atoms with van der Waals surface area (Å²) in [7, 11) is 0. The molecule has 0 spiro atoms. The lowest BCUT2D eigenvalue weighted by Crippen LogP contribution is -2.26. The van der Waals surface area contributed by atoms with Crippen LogP contribution in [0.15, 0.2) is 54.7 Å². The van der Waals surface area contributed by atoms with Crippen LogP contribution in [-0.4, -0.2) is 17.4 Å². The van der Waals surface area contributed by atoms with Gasteiger partial charge in [0.2, 0.25) is 5.91 Å². The number of benzene rings is 2. The average molecular weight is 324 g/mol. The van der Waals surface area contributed by atoms with Crippen molar-refractivity contribution >= 4 is 16.8 Å². The van der Waals surface area contributed by atoms with E-state index in [0.29, 0.717) is 13.0 Å². The molecular formula is C20H21FN2O. The third-order valence-corrected chi connectivity index (χ3v) is 4.21. The number of nitrogens with one attached hydrogen (secondary N) is 2. The SMILES string of the molecule is CCCNC(=O)C[C@H](c1cccc(F)c1)c1c[nH]c2ccccc12. The molecule has 3 rings (SSSR count). The van der Waals surface area contributed by atoms with Crippen LogP contribution in [0, 0.1) is 5.82 Å². The summed E-state index contributed by atoms with van der Waals surface area (Å²) in [5.74, 6) is -0.489. The van der Waals surface area contributed by atoms with E-state index in [2.05, 4.69) is 10.3 Å². The van der Waals surface area contributed by atoms with Crippen LogP contribution >= 0.6 is 0 Å². The fourth-order valence-corrected chi connectivity index (χ4v) is 3.03. The summed E-state index contributed by atoms with van der Waals surface area (Å²) in [6.07, 6.45) is 3.11. The van der Waals surface area contributed by atoms with Gasteiger partial charge in [-0.25, -0.2) is 4.39 Å². The number of H-pyrrole nitrogens is 1. The van der Waals surface area contributed by atoms with Crippen LogP contribution in [-0.2, 0) is 4.79 Å². The molecule has 0 saturated carbocycles. The quantitative estimate of drug-likeness (QED) is 0.695. The highest BCUT2D eigenvalue weighted by Crippen LogP contribution is 2.33. The third-order valence-electron chi connectivity index (χ3n) is 4.21. The second-order valence-electron chi connectivity index (χ2n) is 5.95. The molecular weight excluding hydrogens is 303 g/mol. The topological polar surface area (TPSA) is 44.9 Å². The number of hydrogen-bond acceptors (Lipinski definition) is 1. The molecule has 0 unspecified atom stereocenters. The molecule has 1 atom stereocenters. The third kappa shape index (κ3) is 3.48. The second kappa shape index (κ2) is 7.30. The van der Waals surface area contributed by atoms with Gasteiger partial charge < -0.3 is 10.3 Å². The van der Waals surface area contributed by atoms with Crippen molar-refractivity contribution in [3.63, 3.8) is 0 Å². The Morgan fingerprint density at radius 1 is 1.21 bits per heavy atom. The maximum atomic E-state index is 13.7. The Labute approximate surface area is 140 Å². The number of amides is 1. The van der Waals surface area contributed by atoms with E-state index in [-0.39, 0.29) is 17.6 Å². The van der Waals surface area contributed by atoms with Gasteiger partial charge >= 0.3 is 0 Å². The summed E-state index contributed by atoms with van der Waals surface area (Å²) in [5, 5.41) is 3.98.